The van der Waals surface area contributed by atoms with Gasteiger partial charge in [0.25, 0.3) is 0 Å². The van der Waals surface area contributed by atoms with Gasteiger partial charge in [0, 0.05) is 17.5 Å². The van der Waals surface area contributed by atoms with Crippen molar-refractivity contribution in [2.24, 2.45) is 0 Å². The van der Waals surface area contributed by atoms with E-state index in [1.54, 1.807) is 0 Å². The van der Waals surface area contributed by atoms with Crippen molar-refractivity contribution in [2.75, 3.05) is 26.4 Å². The summed E-state index contributed by atoms with van der Waals surface area (Å²) in [4.78, 5) is 2.42. The lowest BCUT2D eigenvalue weighted by molar-refractivity contribution is 0.333. The van der Waals surface area contributed by atoms with Crippen molar-refractivity contribution in [2.45, 2.75) is 38.9 Å². The van der Waals surface area contributed by atoms with E-state index in [2.05, 4.69) is 49.2 Å². The molecule has 0 radical (unpaired) electrons. The predicted octanol–water partition coefficient (Wildman–Crippen LogP) is 2.64. The lowest BCUT2D eigenvalue weighted by Crippen LogP contribution is -2.24. The molecule has 0 aliphatic rings. The SMILES string of the molecule is CS[C@H](C)CCN(C)CCc1c(C)n[nH]c1C. The lowest BCUT2D eigenvalue weighted by Gasteiger charge is -2.18. The van der Waals surface area contributed by atoms with Crippen molar-refractivity contribution < 1.29 is 0 Å². The fourth-order valence-electron chi connectivity index (χ4n) is 1.88. The minimum atomic E-state index is 0.759. The molecule has 0 saturated heterocycles. The molecule has 0 aliphatic carbocycles. The van der Waals surface area contributed by atoms with Crippen molar-refractivity contribution >= 4 is 11.8 Å². The zero-order valence-electron chi connectivity index (χ0n) is 11.7. The van der Waals surface area contributed by atoms with E-state index in [-0.39, 0.29) is 0 Å². The summed E-state index contributed by atoms with van der Waals surface area (Å²) < 4.78 is 0. The molecule has 1 N–H and O–H groups in total. The molecule has 0 aliphatic heterocycles. The Hall–Kier alpha value is -0.480. The number of hydrogen-bond acceptors (Lipinski definition) is 3. The van der Waals surface area contributed by atoms with E-state index in [1.807, 2.05) is 11.8 Å². The number of aromatic amines is 1. The third kappa shape index (κ3) is 4.72. The summed E-state index contributed by atoms with van der Waals surface area (Å²) in [7, 11) is 2.21. The number of thioether (sulfide) groups is 1. The number of nitrogens with one attached hydrogen (secondary N) is 1. The Labute approximate surface area is 109 Å². The van der Waals surface area contributed by atoms with Gasteiger partial charge in [-0.05, 0) is 52.1 Å². The van der Waals surface area contributed by atoms with Gasteiger partial charge in [0.05, 0.1) is 5.69 Å². The molecule has 0 aromatic carbocycles. The summed E-state index contributed by atoms with van der Waals surface area (Å²) in [6.07, 6.45) is 4.54. The number of hydrogen-bond donors (Lipinski definition) is 1. The second-order valence-electron chi connectivity index (χ2n) is 4.80. The molecule has 98 valence electrons. The Morgan fingerprint density at radius 2 is 2.06 bits per heavy atom. The summed E-state index contributed by atoms with van der Waals surface area (Å²) in [5.74, 6) is 0. The van der Waals surface area contributed by atoms with Crippen molar-refractivity contribution in [3.8, 4) is 0 Å². The van der Waals surface area contributed by atoms with E-state index in [4.69, 9.17) is 0 Å². The van der Waals surface area contributed by atoms with Crippen molar-refractivity contribution in [1.29, 1.82) is 0 Å². The molecule has 0 amide bonds. The molecule has 0 bridgehead atoms. The van der Waals surface area contributed by atoms with Crippen LogP contribution in [0.2, 0.25) is 0 Å². The van der Waals surface area contributed by atoms with Gasteiger partial charge in [0.15, 0.2) is 0 Å². The van der Waals surface area contributed by atoms with Crippen LogP contribution in [0.15, 0.2) is 0 Å². The quantitative estimate of drug-likeness (QED) is 0.813. The lowest BCUT2D eigenvalue weighted by atomic mass is 10.1. The van der Waals surface area contributed by atoms with Crippen molar-refractivity contribution in [1.82, 2.24) is 15.1 Å². The maximum absolute atomic E-state index is 4.23. The first-order valence-electron chi connectivity index (χ1n) is 6.26. The van der Waals surface area contributed by atoms with E-state index in [9.17, 15) is 0 Å². The molecular formula is C13H25N3S. The number of nitrogens with zero attached hydrogens (tertiary/aromatic N) is 2. The van der Waals surface area contributed by atoms with Crippen LogP contribution in [-0.2, 0) is 6.42 Å². The minimum Gasteiger partial charge on any atom is -0.306 e. The second kappa shape index (κ2) is 7.07. The van der Waals surface area contributed by atoms with Crippen LogP contribution >= 0.6 is 11.8 Å². The normalized spacial score (nSPS) is 13.3. The Morgan fingerprint density at radius 3 is 2.59 bits per heavy atom. The molecular weight excluding hydrogens is 230 g/mol. The van der Waals surface area contributed by atoms with Gasteiger partial charge in [0.2, 0.25) is 0 Å². The molecule has 0 unspecified atom stereocenters. The summed E-state index contributed by atoms with van der Waals surface area (Å²) in [6, 6.07) is 0. The van der Waals surface area contributed by atoms with Crippen LogP contribution in [0.1, 0.15) is 30.3 Å². The molecule has 3 nitrogen and oxygen atoms in total. The first-order chi connectivity index (χ1) is 8.04. The molecule has 17 heavy (non-hydrogen) atoms. The molecule has 0 fully saturated rings. The maximum atomic E-state index is 4.23. The van der Waals surface area contributed by atoms with Crippen LogP contribution in [0.25, 0.3) is 0 Å². The standard InChI is InChI=1S/C13H25N3S/c1-10(17-5)6-8-16(4)9-7-13-11(2)14-15-12(13)3/h10H,6-9H2,1-5H3,(H,14,15)/t10-/m1/s1. The highest BCUT2D eigenvalue weighted by Gasteiger charge is 2.08. The molecule has 4 heteroatoms. The Balaban J connectivity index is 2.31. The van der Waals surface area contributed by atoms with Crippen LogP contribution in [-0.4, -0.2) is 46.7 Å². The molecule has 1 atom stereocenters. The summed E-state index contributed by atoms with van der Waals surface area (Å²) in [5.41, 5.74) is 3.75. The average molecular weight is 255 g/mol. The van der Waals surface area contributed by atoms with Gasteiger partial charge in [-0.2, -0.15) is 16.9 Å². The van der Waals surface area contributed by atoms with Gasteiger partial charge in [0.1, 0.15) is 0 Å². The largest absolute Gasteiger partial charge is 0.306 e. The highest BCUT2D eigenvalue weighted by molar-refractivity contribution is 7.99. The van der Waals surface area contributed by atoms with Crippen LogP contribution in [0.4, 0.5) is 0 Å². The van der Waals surface area contributed by atoms with E-state index >= 15 is 0 Å². The zero-order chi connectivity index (χ0) is 12.8. The number of aryl methyl sites for hydroxylation is 2. The summed E-state index contributed by atoms with van der Waals surface area (Å²) in [6.45, 7) is 8.77. The molecule has 0 saturated carbocycles. The number of rotatable bonds is 7. The maximum Gasteiger partial charge on any atom is 0.0626 e. The van der Waals surface area contributed by atoms with Gasteiger partial charge >= 0.3 is 0 Å². The highest BCUT2D eigenvalue weighted by Crippen LogP contribution is 2.12. The van der Waals surface area contributed by atoms with Crippen molar-refractivity contribution in [3.63, 3.8) is 0 Å². The van der Waals surface area contributed by atoms with E-state index in [0.29, 0.717) is 0 Å². The van der Waals surface area contributed by atoms with E-state index < -0.39 is 0 Å². The summed E-state index contributed by atoms with van der Waals surface area (Å²) in [5, 5.41) is 8.04. The Bertz CT molecular complexity index is 316. The smallest absolute Gasteiger partial charge is 0.0626 e. The third-order valence-corrected chi connectivity index (χ3v) is 4.38. The fourth-order valence-corrected chi connectivity index (χ4v) is 2.22. The zero-order valence-corrected chi connectivity index (χ0v) is 12.5. The second-order valence-corrected chi connectivity index (χ2v) is 6.08. The molecule has 1 aromatic rings. The van der Waals surface area contributed by atoms with Crippen molar-refractivity contribution in [3.05, 3.63) is 17.0 Å². The average Bonchev–Trinajstić information content (AvgIpc) is 2.63. The third-order valence-electron chi connectivity index (χ3n) is 3.34. The van der Waals surface area contributed by atoms with E-state index in [0.717, 1.165) is 23.9 Å². The Morgan fingerprint density at radius 1 is 1.35 bits per heavy atom. The molecule has 0 spiro atoms. The first-order valence-corrected chi connectivity index (χ1v) is 7.55. The van der Waals surface area contributed by atoms with Gasteiger partial charge < -0.3 is 4.90 Å². The monoisotopic (exact) mass is 255 g/mol. The fraction of sp³-hybridized carbons (Fsp3) is 0.769. The van der Waals surface area contributed by atoms with Crippen LogP contribution in [0.3, 0.4) is 0 Å². The van der Waals surface area contributed by atoms with Crippen LogP contribution in [0, 0.1) is 13.8 Å². The van der Waals surface area contributed by atoms with Crippen LogP contribution < -0.4 is 0 Å². The van der Waals surface area contributed by atoms with Crippen LogP contribution in [0.5, 0.6) is 0 Å². The topological polar surface area (TPSA) is 31.9 Å². The van der Waals surface area contributed by atoms with Gasteiger partial charge in [-0.25, -0.2) is 0 Å². The number of aromatic nitrogens is 2. The van der Waals surface area contributed by atoms with Gasteiger partial charge in [-0.3, -0.25) is 5.10 Å². The highest BCUT2D eigenvalue weighted by atomic mass is 32.2. The first kappa shape index (κ1) is 14.6. The van der Waals surface area contributed by atoms with E-state index in [1.165, 1.54) is 24.2 Å². The predicted molar refractivity (Wildman–Crippen MR) is 76.9 cm³/mol. The number of H-pyrrole nitrogens is 1. The van der Waals surface area contributed by atoms with Gasteiger partial charge in [-0.1, -0.05) is 6.92 Å². The number of likely N-dealkylation sites (N-methyl/N-ethyl adjacent to an activating group) is 1. The summed E-state index contributed by atoms with van der Waals surface area (Å²) >= 11 is 1.95. The molecule has 1 rings (SSSR count). The molecule has 1 aromatic heterocycles. The van der Waals surface area contributed by atoms with Gasteiger partial charge in [-0.15, -0.1) is 0 Å². The molecule has 1 heterocycles. The Kier molecular flexibility index (Phi) is 6.06. The minimum absolute atomic E-state index is 0.759.